The van der Waals surface area contributed by atoms with Gasteiger partial charge in [0.1, 0.15) is 0 Å². The molecule has 0 amide bonds. The van der Waals surface area contributed by atoms with Gasteiger partial charge in [-0.05, 0) is 51.1 Å². The molecule has 1 aliphatic carbocycles. The average Bonchev–Trinajstić information content (AvgIpc) is 1.99. The Morgan fingerprint density at radius 2 is 2.25 bits per heavy atom. The molecule has 0 aromatic heterocycles. The Labute approximate surface area is 76.2 Å². The molecule has 12 heavy (non-hydrogen) atoms. The summed E-state index contributed by atoms with van der Waals surface area (Å²) in [6.45, 7) is 7.60. The topological polar surface area (TPSA) is 12.0 Å². The van der Waals surface area contributed by atoms with Gasteiger partial charge in [0.25, 0.3) is 0 Å². The van der Waals surface area contributed by atoms with Crippen LogP contribution in [0.25, 0.3) is 0 Å². The summed E-state index contributed by atoms with van der Waals surface area (Å²) in [6, 6.07) is 0. The van der Waals surface area contributed by atoms with Crippen molar-refractivity contribution in [3.8, 4) is 0 Å². The normalized spacial score (nSPS) is 30.7. The molecule has 1 fully saturated rings. The van der Waals surface area contributed by atoms with Gasteiger partial charge in [0.15, 0.2) is 0 Å². The zero-order valence-electron chi connectivity index (χ0n) is 8.40. The molecular formula is C11H21N. The van der Waals surface area contributed by atoms with Gasteiger partial charge in [0, 0.05) is 0 Å². The van der Waals surface area contributed by atoms with Crippen molar-refractivity contribution in [2.75, 3.05) is 13.6 Å². The fourth-order valence-corrected chi connectivity index (χ4v) is 2.29. The van der Waals surface area contributed by atoms with Crippen LogP contribution in [0.3, 0.4) is 0 Å². The van der Waals surface area contributed by atoms with Gasteiger partial charge >= 0.3 is 0 Å². The van der Waals surface area contributed by atoms with Crippen LogP contribution in [0.5, 0.6) is 0 Å². The number of nitrogens with one attached hydrogen (secondary N) is 1. The van der Waals surface area contributed by atoms with Crippen molar-refractivity contribution < 1.29 is 0 Å². The average molecular weight is 167 g/mol. The molecule has 0 aliphatic heterocycles. The smallest absolute Gasteiger partial charge is 0.00492 e. The number of hydrogen-bond acceptors (Lipinski definition) is 1. The third kappa shape index (κ3) is 2.98. The first kappa shape index (κ1) is 9.79. The molecule has 1 nitrogen and oxygen atoms in total. The van der Waals surface area contributed by atoms with Crippen LogP contribution in [0.2, 0.25) is 0 Å². The number of rotatable bonds is 3. The predicted octanol–water partition coefficient (Wildman–Crippen LogP) is 2.59. The Balaban J connectivity index is 2.29. The van der Waals surface area contributed by atoms with Gasteiger partial charge in [-0.3, -0.25) is 0 Å². The fourth-order valence-electron chi connectivity index (χ4n) is 2.29. The lowest BCUT2D eigenvalue weighted by atomic mass is 9.78. The van der Waals surface area contributed by atoms with Crippen LogP contribution in [-0.2, 0) is 0 Å². The summed E-state index contributed by atoms with van der Waals surface area (Å²) in [6.07, 6.45) is 5.25. The Bertz CT molecular complexity index is 151. The first-order valence-corrected chi connectivity index (χ1v) is 5.03. The Morgan fingerprint density at radius 1 is 1.50 bits per heavy atom. The van der Waals surface area contributed by atoms with Crippen LogP contribution in [0.1, 0.15) is 32.6 Å². The SMILES string of the molecule is C=C1CC(C)CC(CCNC)C1. The number of hydrogen-bond donors (Lipinski definition) is 1. The molecular weight excluding hydrogens is 146 g/mol. The maximum atomic E-state index is 4.10. The minimum absolute atomic E-state index is 0.869. The molecule has 2 unspecified atom stereocenters. The van der Waals surface area contributed by atoms with Crippen LogP contribution < -0.4 is 5.32 Å². The van der Waals surface area contributed by atoms with Crippen LogP contribution in [0.15, 0.2) is 12.2 Å². The van der Waals surface area contributed by atoms with Crippen molar-refractivity contribution in [1.82, 2.24) is 5.32 Å². The molecule has 1 N–H and O–H groups in total. The largest absolute Gasteiger partial charge is 0.320 e. The first-order chi connectivity index (χ1) is 5.72. The summed E-state index contributed by atoms with van der Waals surface area (Å²) in [4.78, 5) is 0. The highest BCUT2D eigenvalue weighted by atomic mass is 14.8. The maximum absolute atomic E-state index is 4.10. The molecule has 0 radical (unpaired) electrons. The maximum Gasteiger partial charge on any atom is -0.00492 e. The van der Waals surface area contributed by atoms with E-state index in [1.54, 1.807) is 0 Å². The van der Waals surface area contributed by atoms with E-state index in [1.165, 1.54) is 31.3 Å². The Morgan fingerprint density at radius 3 is 2.83 bits per heavy atom. The molecule has 0 bridgehead atoms. The quantitative estimate of drug-likeness (QED) is 0.637. The van der Waals surface area contributed by atoms with Gasteiger partial charge in [-0.25, -0.2) is 0 Å². The predicted molar refractivity (Wildman–Crippen MR) is 54.2 cm³/mol. The molecule has 0 aromatic carbocycles. The molecule has 2 atom stereocenters. The summed E-state index contributed by atoms with van der Waals surface area (Å²) in [5.74, 6) is 1.77. The van der Waals surface area contributed by atoms with Crippen LogP contribution >= 0.6 is 0 Å². The van der Waals surface area contributed by atoms with Gasteiger partial charge in [-0.1, -0.05) is 19.1 Å². The first-order valence-electron chi connectivity index (χ1n) is 5.03. The molecule has 70 valence electrons. The van der Waals surface area contributed by atoms with Crippen molar-refractivity contribution in [2.24, 2.45) is 11.8 Å². The van der Waals surface area contributed by atoms with E-state index in [2.05, 4.69) is 18.8 Å². The van der Waals surface area contributed by atoms with Crippen LogP contribution in [0.4, 0.5) is 0 Å². The highest BCUT2D eigenvalue weighted by Crippen LogP contribution is 2.33. The van der Waals surface area contributed by atoms with Crippen molar-refractivity contribution in [3.63, 3.8) is 0 Å². The zero-order chi connectivity index (χ0) is 8.97. The van der Waals surface area contributed by atoms with Gasteiger partial charge in [0.05, 0.1) is 0 Å². The summed E-state index contributed by atoms with van der Waals surface area (Å²) >= 11 is 0. The molecule has 1 heteroatoms. The highest BCUT2D eigenvalue weighted by molar-refractivity contribution is 5.01. The summed E-state index contributed by atoms with van der Waals surface area (Å²) in [5, 5.41) is 3.21. The van der Waals surface area contributed by atoms with E-state index in [4.69, 9.17) is 0 Å². The van der Waals surface area contributed by atoms with E-state index in [0.717, 1.165) is 18.4 Å². The Hall–Kier alpha value is -0.300. The lowest BCUT2D eigenvalue weighted by Crippen LogP contribution is -2.19. The van der Waals surface area contributed by atoms with E-state index in [9.17, 15) is 0 Å². The third-order valence-electron chi connectivity index (χ3n) is 2.75. The lowest BCUT2D eigenvalue weighted by molar-refractivity contribution is 0.319. The second-order valence-electron chi connectivity index (χ2n) is 4.26. The Kier molecular flexibility index (Phi) is 3.80. The second kappa shape index (κ2) is 4.66. The molecule has 0 aromatic rings. The number of allylic oxidation sites excluding steroid dienone is 1. The lowest BCUT2D eigenvalue weighted by Gasteiger charge is -2.28. The second-order valence-corrected chi connectivity index (χ2v) is 4.26. The minimum Gasteiger partial charge on any atom is -0.320 e. The summed E-state index contributed by atoms with van der Waals surface area (Å²) < 4.78 is 0. The van der Waals surface area contributed by atoms with Gasteiger partial charge in [-0.15, -0.1) is 0 Å². The summed E-state index contributed by atoms with van der Waals surface area (Å²) in [5.41, 5.74) is 1.47. The van der Waals surface area contributed by atoms with Crippen molar-refractivity contribution in [3.05, 3.63) is 12.2 Å². The van der Waals surface area contributed by atoms with E-state index in [-0.39, 0.29) is 0 Å². The van der Waals surface area contributed by atoms with E-state index < -0.39 is 0 Å². The van der Waals surface area contributed by atoms with Gasteiger partial charge in [-0.2, -0.15) is 0 Å². The molecule has 1 aliphatic rings. The van der Waals surface area contributed by atoms with E-state index in [1.807, 2.05) is 7.05 Å². The monoisotopic (exact) mass is 167 g/mol. The van der Waals surface area contributed by atoms with E-state index >= 15 is 0 Å². The van der Waals surface area contributed by atoms with Gasteiger partial charge < -0.3 is 5.32 Å². The molecule has 0 heterocycles. The minimum atomic E-state index is 0.869. The fraction of sp³-hybridized carbons (Fsp3) is 0.818. The van der Waals surface area contributed by atoms with Crippen molar-refractivity contribution in [2.45, 2.75) is 32.6 Å². The molecule has 0 saturated heterocycles. The van der Waals surface area contributed by atoms with E-state index in [0.29, 0.717) is 0 Å². The zero-order valence-corrected chi connectivity index (χ0v) is 8.40. The molecule has 0 spiro atoms. The van der Waals surface area contributed by atoms with Gasteiger partial charge in [0.2, 0.25) is 0 Å². The molecule has 1 rings (SSSR count). The van der Waals surface area contributed by atoms with Crippen molar-refractivity contribution >= 4 is 0 Å². The van der Waals surface area contributed by atoms with Crippen LogP contribution in [0, 0.1) is 11.8 Å². The standard InChI is InChI=1S/C11H21N/c1-9-6-10(2)8-11(7-9)4-5-12-3/h10-12H,1,4-8H2,2-3H3. The highest BCUT2D eigenvalue weighted by Gasteiger charge is 2.20. The molecule has 1 saturated carbocycles. The van der Waals surface area contributed by atoms with Crippen LogP contribution in [-0.4, -0.2) is 13.6 Å². The van der Waals surface area contributed by atoms with Crippen molar-refractivity contribution in [1.29, 1.82) is 0 Å². The summed E-state index contributed by atoms with van der Waals surface area (Å²) in [7, 11) is 2.03. The third-order valence-corrected chi connectivity index (χ3v) is 2.75.